The minimum Gasteiger partial charge on any atom is -0.508 e. The fourth-order valence-corrected chi connectivity index (χ4v) is 6.23. The van der Waals surface area contributed by atoms with Crippen LogP contribution < -0.4 is 0 Å². The van der Waals surface area contributed by atoms with Gasteiger partial charge < -0.3 is 5.11 Å². The Morgan fingerprint density at radius 2 is 1.81 bits per heavy atom. The van der Waals surface area contributed by atoms with Crippen LogP contribution in [0.15, 0.2) is 36.4 Å². The van der Waals surface area contributed by atoms with Gasteiger partial charge in [0.1, 0.15) is 5.75 Å². The van der Waals surface area contributed by atoms with Crippen molar-refractivity contribution in [1.82, 2.24) is 0 Å². The molecule has 0 amide bonds. The van der Waals surface area contributed by atoms with Gasteiger partial charge in [-0.3, -0.25) is 0 Å². The number of fused-ring (bicyclic) bond motifs is 6. The van der Waals surface area contributed by atoms with Gasteiger partial charge in [0.2, 0.25) is 0 Å². The van der Waals surface area contributed by atoms with Crippen LogP contribution in [-0.2, 0) is 5.41 Å². The number of benzene rings is 2. The summed E-state index contributed by atoms with van der Waals surface area (Å²) >= 11 is 0. The molecule has 3 fully saturated rings. The number of hydrogen-bond acceptors (Lipinski definition) is 1. The van der Waals surface area contributed by atoms with Crippen LogP contribution in [0.25, 0.3) is 10.8 Å². The van der Waals surface area contributed by atoms with Crippen molar-refractivity contribution < 1.29 is 5.11 Å². The zero-order valence-electron chi connectivity index (χ0n) is 12.4. The van der Waals surface area contributed by atoms with Gasteiger partial charge in [-0.1, -0.05) is 30.7 Å². The van der Waals surface area contributed by atoms with Gasteiger partial charge in [0.25, 0.3) is 0 Å². The predicted molar refractivity (Wildman–Crippen MR) is 85.5 cm³/mol. The summed E-state index contributed by atoms with van der Waals surface area (Å²) in [7, 11) is 0. The molecule has 2 aromatic rings. The molecule has 4 unspecified atom stereocenters. The summed E-state index contributed by atoms with van der Waals surface area (Å²) in [5.41, 5.74) is 1.58. The molecule has 3 saturated carbocycles. The molecule has 21 heavy (non-hydrogen) atoms. The van der Waals surface area contributed by atoms with Gasteiger partial charge in [-0.25, -0.2) is 0 Å². The van der Waals surface area contributed by atoms with E-state index in [4.69, 9.17) is 0 Å². The maximum atomic E-state index is 10.7. The third-order valence-electron chi connectivity index (χ3n) is 6.90. The SMILES string of the molecule is Oc1cc2ccccc2cc1C12CCCC1C1CCC2C1. The predicted octanol–water partition coefficient (Wildman–Crippen LogP) is 5.01. The molecule has 1 heteroatoms. The summed E-state index contributed by atoms with van der Waals surface area (Å²) in [5, 5.41) is 13.2. The van der Waals surface area contributed by atoms with Crippen molar-refractivity contribution >= 4 is 10.8 Å². The molecule has 1 nitrogen and oxygen atoms in total. The third kappa shape index (κ3) is 1.42. The monoisotopic (exact) mass is 278 g/mol. The molecule has 0 aliphatic heterocycles. The van der Waals surface area contributed by atoms with E-state index in [1.54, 1.807) is 0 Å². The van der Waals surface area contributed by atoms with Gasteiger partial charge in [-0.15, -0.1) is 0 Å². The molecule has 0 heterocycles. The third-order valence-corrected chi connectivity index (χ3v) is 6.90. The summed E-state index contributed by atoms with van der Waals surface area (Å²) in [6, 6.07) is 12.8. The van der Waals surface area contributed by atoms with Crippen molar-refractivity contribution in [2.45, 2.75) is 43.9 Å². The van der Waals surface area contributed by atoms with Crippen molar-refractivity contribution in [1.29, 1.82) is 0 Å². The first kappa shape index (κ1) is 12.1. The van der Waals surface area contributed by atoms with E-state index in [0.717, 1.165) is 23.1 Å². The number of rotatable bonds is 1. The molecule has 2 aromatic carbocycles. The molecular formula is C20H22O. The Balaban J connectivity index is 1.75. The lowest BCUT2D eigenvalue weighted by molar-refractivity contribution is 0.199. The zero-order chi connectivity index (χ0) is 14.0. The van der Waals surface area contributed by atoms with Crippen molar-refractivity contribution in [2.24, 2.45) is 17.8 Å². The van der Waals surface area contributed by atoms with Gasteiger partial charge in [-0.2, -0.15) is 0 Å². The van der Waals surface area contributed by atoms with E-state index in [2.05, 4.69) is 30.3 Å². The Kier molecular flexibility index (Phi) is 2.32. The van der Waals surface area contributed by atoms with Crippen molar-refractivity contribution in [3.63, 3.8) is 0 Å². The van der Waals surface area contributed by atoms with E-state index in [-0.39, 0.29) is 0 Å². The molecule has 0 saturated heterocycles. The van der Waals surface area contributed by atoms with E-state index in [1.807, 2.05) is 6.07 Å². The van der Waals surface area contributed by atoms with E-state index < -0.39 is 0 Å². The smallest absolute Gasteiger partial charge is 0.119 e. The Labute approximate surface area is 126 Å². The zero-order valence-corrected chi connectivity index (χ0v) is 12.4. The Morgan fingerprint density at radius 3 is 2.67 bits per heavy atom. The van der Waals surface area contributed by atoms with Crippen LogP contribution in [0.5, 0.6) is 5.75 Å². The van der Waals surface area contributed by atoms with Gasteiger partial charge in [0, 0.05) is 11.0 Å². The first-order chi connectivity index (χ1) is 10.3. The molecule has 5 rings (SSSR count). The maximum absolute atomic E-state index is 10.7. The van der Waals surface area contributed by atoms with Gasteiger partial charge in [-0.05, 0) is 72.8 Å². The van der Waals surface area contributed by atoms with Crippen LogP contribution in [0.2, 0.25) is 0 Å². The van der Waals surface area contributed by atoms with Gasteiger partial charge in [0.05, 0.1) is 0 Å². The average Bonchev–Trinajstić information content (AvgIpc) is 3.19. The lowest BCUT2D eigenvalue weighted by atomic mass is 9.63. The second-order valence-electron chi connectivity index (χ2n) is 7.53. The minimum absolute atomic E-state index is 0.303. The first-order valence-corrected chi connectivity index (χ1v) is 8.51. The standard InChI is InChI=1S/C20H22O/c21-19-12-14-5-2-1-4-13(14)11-18(19)20-9-3-6-17(20)15-7-8-16(20)10-15/h1-2,4-5,11-12,15-17,21H,3,6-10H2. The first-order valence-electron chi connectivity index (χ1n) is 8.51. The average molecular weight is 278 g/mol. The van der Waals surface area contributed by atoms with Gasteiger partial charge >= 0.3 is 0 Å². The number of phenols is 1. The minimum atomic E-state index is 0.303. The Morgan fingerprint density at radius 1 is 1.00 bits per heavy atom. The highest BCUT2D eigenvalue weighted by atomic mass is 16.3. The molecule has 108 valence electrons. The van der Waals surface area contributed by atoms with E-state index in [9.17, 15) is 5.11 Å². The summed E-state index contributed by atoms with van der Waals surface area (Å²) in [6.45, 7) is 0. The molecular weight excluding hydrogens is 256 g/mol. The normalized spacial score (nSPS) is 37.2. The Hall–Kier alpha value is -1.50. The molecule has 4 atom stereocenters. The maximum Gasteiger partial charge on any atom is 0.119 e. The lowest BCUT2D eigenvalue weighted by Gasteiger charge is -2.40. The quantitative estimate of drug-likeness (QED) is 0.777. The molecule has 0 radical (unpaired) electrons. The fourth-order valence-electron chi connectivity index (χ4n) is 6.23. The number of phenolic OH excluding ortho intramolecular Hbond substituents is 1. The highest BCUT2D eigenvalue weighted by Crippen LogP contribution is 2.67. The summed E-state index contributed by atoms with van der Waals surface area (Å²) in [5.74, 6) is 3.14. The van der Waals surface area contributed by atoms with Crippen molar-refractivity contribution in [3.05, 3.63) is 42.0 Å². The van der Waals surface area contributed by atoms with Crippen molar-refractivity contribution in [3.8, 4) is 5.75 Å². The topological polar surface area (TPSA) is 20.2 Å². The second kappa shape index (κ2) is 4.03. The van der Waals surface area contributed by atoms with Crippen LogP contribution in [0.3, 0.4) is 0 Å². The largest absolute Gasteiger partial charge is 0.508 e. The van der Waals surface area contributed by atoms with Gasteiger partial charge in [0.15, 0.2) is 0 Å². The number of hydrogen-bond donors (Lipinski definition) is 1. The van der Waals surface area contributed by atoms with E-state index in [0.29, 0.717) is 11.2 Å². The molecule has 3 aliphatic carbocycles. The van der Waals surface area contributed by atoms with Crippen LogP contribution in [-0.4, -0.2) is 5.11 Å². The summed E-state index contributed by atoms with van der Waals surface area (Å²) in [4.78, 5) is 0. The van der Waals surface area contributed by atoms with E-state index in [1.165, 1.54) is 49.5 Å². The Bertz CT molecular complexity index is 719. The highest BCUT2D eigenvalue weighted by Gasteiger charge is 2.61. The van der Waals surface area contributed by atoms with E-state index >= 15 is 0 Å². The molecule has 3 aliphatic rings. The van der Waals surface area contributed by atoms with Crippen LogP contribution in [0.1, 0.15) is 44.1 Å². The number of aromatic hydroxyl groups is 1. The lowest BCUT2D eigenvalue weighted by Crippen LogP contribution is -2.36. The molecule has 0 spiro atoms. The van der Waals surface area contributed by atoms with Crippen LogP contribution >= 0.6 is 0 Å². The summed E-state index contributed by atoms with van der Waals surface area (Å²) < 4.78 is 0. The van der Waals surface area contributed by atoms with Crippen LogP contribution in [0, 0.1) is 17.8 Å². The molecule has 1 N–H and O–H groups in total. The highest BCUT2D eigenvalue weighted by molar-refractivity contribution is 5.85. The van der Waals surface area contributed by atoms with Crippen LogP contribution in [0.4, 0.5) is 0 Å². The van der Waals surface area contributed by atoms with Crippen molar-refractivity contribution in [2.75, 3.05) is 0 Å². The second-order valence-corrected chi connectivity index (χ2v) is 7.53. The molecule has 0 aromatic heterocycles. The summed E-state index contributed by atoms with van der Waals surface area (Å²) in [6.07, 6.45) is 8.26. The fraction of sp³-hybridized carbons (Fsp3) is 0.500. The molecule has 2 bridgehead atoms.